The third kappa shape index (κ3) is 6.21. The SMILES string of the molecule is O=C(CCSc1ccc(Cl)cc1)OCC(=O)c1ccc([N+](=O)[O-])cc1. The molecule has 0 aliphatic rings. The van der Waals surface area contributed by atoms with Crippen molar-refractivity contribution in [3.05, 3.63) is 69.2 Å². The Morgan fingerprint density at radius 1 is 1.08 bits per heavy atom. The lowest BCUT2D eigenvalue weighted by Crippen LogP contribution is -2.14. The molecule has 0 aromatic heterocycles. The highest BCUT2D eigenvalue weighted by Crippen LogP contribution is 2.21. The number of halogens is 1. The van der Waals surface area contributed by atoms with E-state index in [2.05, 4.69) is 0 Å². The van der Waals surface area contributed by atoms with E-state index in [1.54, 1.807) is 12.1 Å². The molecule has 0 atom stereocenters. The van der Waals surface area contributed by atoms with Crippen LogP contribution in [0.4, 0.5) is 5.69 Å². The molecule has 2 aromatic rings. The van der Waals surface area contributed by atoms with Crippen LogP contribution in [0.25, 0.3) is 0 Å². The second-order valence-corrected chi connectivity index (χ2v) is 6.54. The fourth-order valence-corrected chi connectivity index (χ4v) is 2.81. The van der Waals surface area contributed by atoms with Crippen LogP contribution in [0.3, 0.4) is 0 Å². The Morgan fingerprint density at radius 3 is 2.32 bits per heavy atom. The van der Waals surface area contributed by atoms with Crippen LogP contribution in [-0.2, 0) is 9.53 Å². The summed E-state index contributed by atoms with van der Waals surface area (Å²) in [5, 5.41) is 11.2. The molecule has 130 valence electrons. The van der Waals surface area contributed by atoms with Gasteiger partial charge in [-0.3, -0.25) is 19.7 Å². The Balaban J connectivity index is 1.72. The van der Waals surface area contributed by atoms with E-state index in [0.717, 1.165) is 4.90 Å². The number of non-ortho nitro benzene ring substituents is 1. The van der Waals surface area contributed by atoms with Gasteiger partial charge in [-0.05, 0) is 36.4 Å². The van der Waals surface area contributed by atoms with Gasteiger partial charge in [0.25, 0.3) is 5.69 Å². The molecule has 0 unspecified atom stereocenters. The highest BCUT2D eigenvalue weighted by molar-refractivity contribution is 7.99. The molecule has 0 aliphatic heterocycles. The fourth-order valence-electron chi connectivity index (χ4n) is 1.85. The minimum absolute atomic E-state index is 0.104. The lowest BCUT2D eigenvalue weighted by atomic mass is 10.1. The number of hydrogen-bond donors (Lipinski definition) is 0. The summed E-state index contributed by atoms with van der Waals surface area (Å²) in [6.07, 6.45) is 0.167. The maximum Gasteiger partial charge on any atom is 0.307 e. The summed E-state index contributed by atoms with van der Waals surface area (Å²) in [4.78, 5) is 34.6. The first kappa shape index (κ1) is 19.0. The second-order valence-electron chi connectivity index (χ2n) is 4.94. The molecule has 2 aromatic carbocycles. The maximum atomic E-state index is 11.9. The van der Waals surface area contributed by atoms with Crippen molar-refractivity contribution >= 4 is 40.8 Å². The van der Waals surface area contributed by atoms with Crippen LogP contribution in [0.5, 0.6) is 0 Å². The van der Waals surface area contributed by atoms with Crippen LogP contribution in [0.15, 0.2) is 53.4 Å². The van der Waals surface area contributed by atoms with Crippen LogP contribution in [0.1, 0.15) is 16.8 Å². The van der Waals surface area contributed by atoms with E-state index in [-0.39, 0.29) is 24.3 Å². The lowest BCUT2D eigenvalue weighted by Gasteiger charge is -2.05. The molecule has 0 saturated carbocycles. The summed E-state index contributed by atoms with van der Waals surface area (Å²) >= 11 is 7.28. The molecule has 0 heterocycles. The average Bonchev–Trinajstić information content (AvgIpc) is 2.61. The molecule has 0 spiro atoms. The number of thioether (sulfide) groups is 1. The number of esters is 1. The highest BCUT2D eigenvalue weighted by Gasteiger charge is 2.12. The van der Waals surface area contributed by atoms with Crippen molar-refractivity contribution in [2.45, 2.75) is 11.3 Å². The summed E-state index contributed by atoms with van der Waals surface area (Å²) in [5.74, 6) is -0.364. The number of benzene rings is 2. The van der Waals surface area contributed by atoms with Crippen LogP contribution in [-0.4, -0.2) is 29.0 Å². The molecule has 0 bridgehead atoms. The zero-order chi connectivity index (χ0) is 18.2. The zero-order valence-electron chi connectivity index (χ0n) is 13.0. The second kappa shape index (κ2) is 9.19. The van der Waals surface area contributed by atoms with Gasteiger partial charge in [0.05, 0.1) is 11.3 Å². The Hall–Kier alpha value is -2.38. The number of ketones is 1. The molecule has 0 radical (unpaired) electrons. The van der Waals surface area contributed by atoms with Gasteiger partial charge < -0.3 is 4.74 Å². The number of hydrogen-bond acceptors (Lipinski definition) is 6. The van der Waals surface area contributed by atoms with Crippen LogP contribution < -0.4 is 0 Å². The van der Waals surface area contributed by atoms with Crippen molar-refractivity contribution in [1.82, 2.24) is 0 Å². The molecule has 0 fully saturated rings. The zero-order valence-corrected chi connectivity index (χ0v) is 14.6. The largest absolute Gasteiger partial charge is 0.457 e. The van der Waals surface area contributed by atoms with E-state index < -0.39 is 16.7 Å². The van der Waals surface area contributed by atoms with Crippen molar-refractivity contribution in [3.8, 4) is 0 Å². The summed E-state index contributed by atoms with van der Waals surface area (Å²) in [5.41, 5.74) is 0.154. The number of Topliss-reactive ketones (excluding diaryl/α,β-unsaturated/α-hetero) is 1. The maximum absolute atomic E-state index is 11.9. The van der Waals surface area contributed by atoms with E-state index >= 15 is 0 Å². The molecule has 25 heavy (non-hydrogen) atoms. The minimum atomic E-state index is -0.549. The van der Waals surface area contributed by atoms with E-state index in [0.29, 0.717) is 10.8 Å². The van der Waals surface area contributed by atoms with Crippen molar-refractivity contribution in [3.63, 3.8) is 0 Å². The molecule has 0 aliphatic carbocycles. The average molecular weight is 380 g/mol. The molecule has 0 amide bonds. The van der Waals surface area contributed by atoms with Gasteiger partial charge in [0.1, 0.15) is 0 Å². The summed E-state index contributed by atoms with van der Waals surface area (Å²) in [7, 11) is 0. The van der Waals surface area contributed by atoms with Crippen LogP contribution in [0, 0.1) is 10.1 Å². The minimum Gasteiger partial charge on any atom is -0.457 e. The van der Waals surface area contributed by atoms with Crippen LogP contribution >= 0.6 is 23.4 Å². The van der Waals surface area contributed by atoms with E-state index in [1.165, 1.54) is 36.0 Å². The molecule has 8 heteroatoms. The molecular formula is C17H14ClNO5S. The highest BCUT2D eigenvalue weighted by atomic mass is 35.5. The number of nitro benzene ring substituents is 1. The van der Waals surface area contributed by atoms with E-state index in [4.69, 9.17) is 16.3 Å². The van der Waals surface area contributed by atoms with Gasteiger partial charge in [0.15, 0.2) is 12.4 Å². The Morgan fingerprint density at radius 2 is 1.72 bits per heavy atom. The molecule has 0 N–H and O–H groups in total. The number of carbonyl (C=O) groups is 2. The van der Waals surface area contributed by atoms with Gasteiger partial charge in [-0.15, -0.1) is 11.8 Å². The normalized spacial score (nSPS) is 10.3. The van der Waals surface area contributed by atoms with Gasteiger partial charge in [-0.2, -0.15) is 0 Å². The fraction of sp³-hybridized carbons (Fsp3) is 0.176. The summed E-state index contributed by atoms with van der Waals surface area (Å²) < 4.78 is 4.94. The van der Waals surface area contributed by atoms with Gasteiger partial charge >= 0.3 is 5.97 Å². The number of nitrogens with zero attached hydrogens (tertiary/aromatic N) is 1. The van der Waals surface area contributed by atoms with Gasteiger partial charge in [0.2, 0.25) is 0 Å². The molecule has 6 nitrogen and oxygen atoms in total. The number of rotatable bonds is 8. The number of ether oxygens (including phenoxy) is 1. The van der Waals surface area contributed by atoms with Gasteiger partial charge in [0, 0.05) is 33.4 Å². The first-order chi connectivity index (χ1) is 12.0. The standard InChI is InChI=1S/C17H14ClNO5S/c18-13-3-7-15(8-4-13)25-10-9-17(21)24-11-16(20)12-1-5-14(6-2-12)19(22)23/h1-8H,9-11H2. The van der Waals surface area contributed by atoms with Gasteiger partial charge in [-0.1, -0.05) is 11.6 Å². The quantitative estimate of drug-likeness (QED) is 0.225. The smallest absolute Gasteiger partial charge is 0.307 e. The van der Waals surface area contributed by atoms with Crippen molar-refractivity contribution in [2.24, 2.45) is 0 Å². The van der Waals surface area contributed by atoms with Gasteiger partial charge in [-0.25, -0.2) is 0 Å². The van der Waals surface area contributed by atoms with Crippen molar-refractivity contribution in [1.29, 1.82) is 0 Å². The predicted molar refractivity (Wildman–Crippen MR) is 95.2 cm³/mol. The third-order valence-corrected chi connectivity index (χ3v) is 4.42. The Bertz CT molecular complexity index is 762. The number of carbonyl (C=O) groups excluding carboxylic acids is 2. The van der Waals surface area contributed by atoms with E-state index in [1.807, 2.05) is 12.1 Å². The Labute approximate surface area is 153 Å². The molecule has 0 saturated heterocycles. The summed E-state index contributed by atoms with van der Waals surface area (Å²) in [6, 6.07) is 12.4. The molecule has 2 rings (SSSR count). The predicted octanol–water partition coefficient (Wildman–Crippen LogP) is 4.16. The summed E-state index contributed by atoms with van der Waals surface area (Å²) in [6.45, 7) is -0.387. The topological polar surface area (TPSA) is 86.5 Å². The Kier molecular flexibility index (Phi) is 6.97. The van der Waals surface area contributed by atoms with Crippen LogP contribution in [0.2, 0.25) is 5.02 Å². The monoisotopic (exact) mass is 379 g/mol. The first-order valence-electron chi connectivity index (χ1n) is 7.27. The lowest BCUT2D eigenvalue weighted by molar-refractivity contribution is -0.384. The third-order valence-electron chi connectivity index (χ3n) is 3.15. The van der Waals surface area contributed by atoms with E-state index in [9.17, 15) is 19.7 Å². The van der Waals surface area contributed by atoms with Crippen molar-refractivity contribution < 1.29 is 19.2 Å². The first-order valence-corrected chi connectivity index (χ1v) is 8.63. The van der Waals surface area contributed by atoms with Crippen molar-refractivity contribution in [2.75, 3.05) is 12.4 Å². The molecular weight excluding hydrogens is 366 g/mol. The number of nitro groups is 1.